The molecule has 1 fully saturated rings. The number of aliphatic hydroxyl groups excluding tert-OH is 1. The lowest BCUT2D eigenvalue weighted by Crippen LogP contribution is -2.47. The Kier molecular flexibility index (Phi) is 4.26. The van der Waals surface area contributed by atoms with E-state index in [9.17, 15) is 9.59 Å². The van der Waals surface area contributed by atoms with Crippen molar-refractivity contribution in [3.63, 3.8) is 0 Å². The van der Waals surface area contributed by atoms with Crippen LogP contribution in [0.5, 0.6) is 0 Å². The topological polar surface area (TPSA) is 98.7 Å². The molecular formula is C10H18N2O4. The third-order valence-electron chi connectivity index (χ3n) is 2.82. The standard InChI is InChI=1S/C10H18N2O4/c1-7(14)12-8(9(15)16)4-11-5-10(6-13)2-3-10/h8,11,13H,2-6H2,1H3,(H,12,14)(H,15,16). The van der Waals surface area contributed by atoms with Gasteiger partial charge in [-0.2, -0.15) is 0 Å². The monoisotopic (exact) mass is 230 g/mol. The molecule has 1 unspecified atom stereocenters. The van der Waals surface area contributed by atoms with Gasteiger partial charge in [0.15, 0.2) is 0 Å². The van der Waals surface area contributed by atoms with Crippen molar-refractivity contribution in [2.75, 3.05) is 19.7 Å². The molecule has 1 atom stereocenters. The Morgan fingerprint density at radius 2 is 2.06 bits per heavy atom. The molecule has 6 nitrogen and oxygen atoms in total. The van der Waals surface area contributed by atoms with Crippen LogP contribution in [-0.2, 0) is 9.59 Å². The van der Waals surface area contributed by atoms with Gasteiger partial charge in [-0.25, -0.2) is 4.79 Å². The molecule has 6 heteroatoms. The van der Waals surface area contributed by atoms with E-state index in [0.29, 0.717) is 6.54 Å². The van der Waals surface area contributed by atoms with Crippen molar-refractivity contribution >= 4 is 11.9 Å². The van der Waals surface area contributed by atoms with Gasteiger partial charge in [-0.15, -0.1) is 0 Å². The van der Waals surface area contributed by atoms with Crippen LogP contribution in [0.4, 0.5) is 0 Å². The Labute approximate surface area is 94.0 Å². The van der Waals surface area contributed by atoms with Gasteiger partial charge in [0.05, 0.1) is 0 Å². The van der Waals surface area contributed by atoms with E-state index in [4.69, 9.17) is 10.2 Å². The zero-order chi connectivity index (χ0) is 12.2. The van der Waals surface area contributed by atoms with Crippen molar-refractivity contribution < 1.29 is 19.8 Å². The highest BCUT2D eigenvalue weighted by Gasteiger charge is 2.41. The summed E-state index contributed by atoms with van der Waals surface area (Å²) in [5.41, 5.74) is -0.0563. The number of hydrogen-bond donors (Lipinski definition) is 4. The summed E-state index contributed by atoms with van der Waals surface area (Å²) in [6.07, 6.45) is 1.93. The quantitative estimate of drug-likeness (QED) is 0.447. The summed E-state index contributed by atoms with van der Waals surface area (Å²) in [5, 5.41) is 23.2. The summed E-state index contributed by atoms with van der Waals surface area (Å²) in [5.74, 6) is -1.42. The molecule has 0 radical (unpaired) electrons. The number of rotatable bonds is 7. The SMILES string of the molecule is CC(=O)NC(CNCC1(CO)CC1)C(=O)O. The Morgan fingerprint density at radius 1 is 1.44 bits per heavy atom. The largest absolute Gasteiger partial charge is 0.480 e. The molecule has 1 saturated carbocycles. The summed E-state index contributed by atoms with van der Waals surface area (Å²) in [6.45, 7) is 2.17. The first-order valence-electron chi connectivity index (χ1n) is 5.31. The molecular weight excluding hydrogens is 212 g/mol. The number of aliphatic carboxylic acids is 1. The van der Waals surface area contributed by atoms with Crippen molar-refractivity contribution in [3.8, 4) is 0 Å². The first kappa shape index (κ1) is 12.9. The third-order valence-corrected chi connectivity index (χ3v) is 2.82. The Morgan fingerprint density at radius 3 is 2.44 bits per heavy atom. The van der Waals surface area contributed by atoms with Gasteiger partial charge in [0.1, 0.15) is 6.04 Å². The lowest BCUT2D eigenvalue weighted by molar-refractivity contribution is -0.141. The predicted octanol–water partition coefficient (Wildman–Crippen LogP) is -1.06. The molecule has 1 aliphatic rings. The normalized spacial score (nSPS) is 18.9. The maximum absolute atomic E-state index is 10.8. The Bertz CT molecular complexity index is 276. The maximum Gasteiger partial charge on any atom is 0.327 e. The van der Waals surface area contributed by atoms with Crippen LogP contribution in [0.3, 0.4) is 0 Å². The number of carboxylic acid groups (broad SMARTS) is 1. The van der Waals surface area contributed by atoms with E-state index in [1.165, 1.54) is 6.92 Å². The molecule has 1 amide bonds. The number of hydrogen-bond acceptors (Lipinski definition) is 4. The molecule has 1 aliphatic carbocycles. The molecule has 1 rings (SSSR count). The average molecular weight is 230 g/mol. The summed E-state index contributed by atoms with van der Waals surface area (Å²) in [4.78, 5) is 21.5. The van der Waals surface area contributed by atoms with E-state index in [0.717, 1.165) is 12.8 Å². The van der Waals surface area contributed by atoms with E-state index in [-0.39, 0.29) is 24.5 Å². The molecule has 0 bridgehead atoms. The van der Waals surface area contributed by atoms with Crippen molar-refractivity contribution in [1.29, 1.82) is 0 Å². The zero-order valence-corrected chi connectivity index (χ0v) is 9.32. The molecule has 0 aliphatic heterocycles. The van der Waals surface area contributed by atoms with Crippen molar-refractivity contribution in [1.82, 2.24) is 10.6 Å². The van der Waals surface area contributed by atoms with Crippen molar-refractivity contribution in [3.05, 3.63) is 0 Å². The van der Waals surface area contributed by atoms with Crippen LogP contribution in [0.15, 0.2) is 0 Å². The Hall–Kier alpha value is -1.14. The van der Waals surface area contributed by atoms with E-state index < -0.39 is 12.0 Å². The molecule has 92 valence electrons. The van der Waals surface area contributed by atoms with Gasteiger partial charge in [0, 0.05) is 32.0 Å². The molecule has 0 aromatic carbocycles. The fraction of sp³-hybridized carbons (Fsp3) is 0.800. The van der Waals surface area contributed by atoms with Crippen LogP contribution >= 0.6 is 0 Å². The molecule has 0 aromatic rings. The van der Waals surface area contributed by atoms with Crippen LogP contribution in [0.2, 0.25) is 0 Å². The first-order chi connectivity index (χ1) is 7.49. The fourth-order valence-electron chi connectivity index (χ4n) is 1.49. The summed E-state index contributed by atoms with van der Waals surface area (Å²) < 4.78 is 0. The minimum atomic E-state index is -1.06. The number of carbonyl (C=O) groups is 2. The lowest BCUT2D eigenvalue weighted by Gasteiger charge is -2.17. The maximum atomic E-state index is 10.8. The van der Waals surface area contributed by atoms with Gasteiger partial charge in [0.2, 0.25) is 5.91 Å². The van der Waals surface area contributed by atoms with E-state index in [2.05, 4.69) is 10.6 Å². The van der Waals surface area contributed by atoms with Crippen LogP contribution < -0.4 is 10.6 Å². The second-order valence-electron chi connectivity index (χ2n) is 4.38. The van der Waals surface area contributed by atoms with Gasteiger partial charge in [-0.05, 0) is 12.8 Å². The van der Waals surface area contributed by atoms with Gasteiger partial charge < -0.3 is 20.8 Å². The van der Waals surface area contributed by atoms with Crippen molar-refractivity contribution in [2.45, 2.75) is 25.8 Å². The minimum Gasteiger partial charge on any atom is -0.480 e. The molecule has 4 N–H and O–H groups in total. The van der Waals surface area contributed by atoms with E-state index >= 15 is 0 Å². The number of aliphatic hydroxyl groups is 1. The second-order valence-corrected chi connectivity index (χ2v) is 4.38. The first-order valence-corrected chi connectivity index (χ1v) is 5.31. The zero-order valence-electron chi connectivity index (χ0n) is 9.32. The highest BCUT2D eigenvalue weighted by Crippen LogP contribution is 2.44. The molecule has 16 heavy (non-hydrogen) atoms. The van der Waals surface area contributed by atoms with Gasteiger partial charge in [0.25, 0.3) is 0 Å². The van der Waals surface area contributed by atoms with Crippen LogP contribution in [0.25, 0.3) is 0 Å². The van der Waals surface area contributed by atoms with Gasteiger partial charge in [-0.1, -0.05) is 0 Å². The van der Waals surface area contributed by atoms with Gasteiger partial charge >= 0.3 is 5.97 Å². The smallest absolute Gasteiger partial charge is 0.327 e. The van der Waals surface area contributed by atoms with Crippen LogP contribution in [-0.4, -0.2) is 47.8 Å². The number of nitrogens with one attached hydrogen (secondary N) is 2. The van der Waals surface area contributed by atoms with Crippen LogP contribution in [0, 0.1) is 5.41 Å². The molecule has 0 aromatic heterocycles. The van der Waals surface area contributed by atoms with Crippen LogP contribution in [0.1, 0.15) is 19.8 Å². The van der Waals surface area contributed by atoms with E-state index in [1.54, 1.807) is 0 Å². The number of amides is 1. The summed E-state index contributed by atoms with van der Waals surface area (Å²) >= 11 is 0. The average Bonchev–Trinajstić information content (AvgIpc) is 2.96. The molecule has 0 spiro atoms. The van der Waals surface area contributed by atoms with E-state index in [1.807, 2.05) is 0 Å². The highest BCUT2D eigenvalue weighted by atomic mass is 16.4. The summed E-state index contributed by atoms with van der Waals surface area (Å²) in [6, 6.07) is -0.910. The van der Waals surface area contributed by atoms with Gasteiger partial charge in [-0.3, -0.25) is 4.79 Å². The Balaban J connectivity index is 2.27. The highest BCUT2D eigenvalue weighted by molar-refractivity contribution is 5.82. The minimum absolute atomic E-state index is 0.0563. The van der Waals surface area contributed by atoms with Crippen molar-refractivity contribution in [2.24, 2.45) is 5.41 Å². The summed E-state index contributed by atoms with van der Waals surface area (Å²) in [7, 11) is 0. The number of carbonyl (C=O) groups excluding carboxylic acids is 1. The predicted molar refractivity (Wildman–Crippen MR) is 56.9 cm³/mol. The number of carboxylic acids is 1. The lowest BCUT2D eigenvalue weighted by atomic mass is 10.1. The third kappa shape index (κ3) is 3.79. The fourth-order valence-corrected chi connectivity index (χ4v) is 1.49. The molecule has 0 saturated heterocycles. The second kappa shape index (κ2) is 5.27. The molecule has 0 heterocycles.